The summed E-state index contributed by atoms with van der Waals surface area (Å²) in [5, 5.41) is 8.87. The van der Waals surface area contributed by atoms with Gasteiger partial charge in [0, 0.05) is 32.8 Å². The van der Waals surface area contributed by atoms with Crippen LogP contribution in [-0.2, 0) is 0 Å². The third-order valence-electron chi connectivity index (χ3n) is 9.54. The molecule has 0 unspecified atom stereocenters. The van der Waals surface area contributed by atoms with Gasteiger partial charge in [-0.05, 0) is 56.3 Å². The maximum atomic E-state index is 6.29. The number of fused-ring (bicyclic) bond motifs is 7. The molecule has 0 radical (unpaired) electrons. The fourth-order valence-corrected chi connectivity index (χ4v) is 7.31. The Morgan fingerprint density at radius 2 is 0.837 bits per heavy atom. The summed E-state index contributed by atoms with van der Waals surface area (Å²) in [6, 6.07) is 56.9. The molecule has 2 aromatic heterocycles. The molecule has 0 saturated heterocycles. The summed E-state index contributed by atoms with van der Waals surface area (Å²) < 4.78 is 6.29. The Morgan fingerprint density at radius 3 is 1.63 bits per heavy atom. The summed E-state index contributed by atoms with van der Waals surface area (Å²) in [6.45, 7) is 0. The molecule has 10 rings (SSSR count). The molecule has 0 fully saturated rings. The van der Waals surface area contributed by atoms with Gasteiger partial charge in [-0.2, -0.15) is 0 Å². The molecule has 0 atom stereocenters. The molecule has 0 amide bonds. The number of rotatable bonds is 4. The summed E-state index contributed by atoms with van der Waals surface area (Å²) in [6.07, 6.45) is 0. The van der Waals surface area contributed by atoms with Gasteiger partial charge in [-0.3, -0.25) is 0 Å². The molecule has 0 N–H and O–H groups in total. The average molecular weight is 626 g/mol. The van der Waals surface area contributed by atoms with E-state index in [1.54, 1.807) is 0 Å². The average Bonchev–Trinajstić information content (AvgIpc) is 3.56. The first-order valence-electron chi connectivity index (χ1n) is 16.5. The van der Waals surface area contributed by atoms with Crippen LogP contribution in [0.3, 0.4) is 0 Å². The zero-order valence-electron chi connectivity index (χ0n) is 26.3. The quantitative estimate of drug-likeness (QED) is 0.183. The molecular formula is C45H27N3O. The highest BCUT2D eigenvalue weighted by Gasteiger charge is 2.20. The molecule has 4 heteroatoms. The molecule has 10 aromatic rings. The van der Waals surface area contributed by atoms with Gasteiger partial charge in [0.2, 0.25) is 0 Å². The predicted octanol–water partition coefficient (Wildman–Crippen LogP) is 11.9. The van der Waals surface area contributed by atoms with Crippen LogP contribution in [0.4, 0.5) is 0 Å². The highest BCUT2D eigenvalue weighted by atomic mass is 16.3. The third-order valence-corrected chi connectivity index (χ3v) is 9.54. The highest BCUT2D eigenvalue weighted by molar-refractivity contribution is 6.15. The first kappa shape index (κ1) is 27.5. The van der Waals surface area contributed by atoms with Crippen LogP contribution >= 0.6 is 0 Å². The van der Waals surface area contributed by atoms with Crippen molar-refractivity contribution in [2.45, 2.75) is 0 Å². The molecule has 4 nitrogen and oxygen atoms in total. The lowest BCUT2D eigenvalue weighted by Crippen LogP contribution is -2.01. The fourth-order valence-electron chi connectivity index (χ4n) is 7.31. The van der Waals surface area contributed by atoms with Crippen molar-refractivity contribution in [3.63, 3.8) is 0 Å². The van der Waals surface area contributed by atoms with E-state index in [2.05, 4.69) is 127 Å². The second kappa shape index (κ2) is 11.0. The molecule has 0 aliphatic rings. The van der Waals surface area contributed by atoms with E-state index in [1.807, 2.05) is 36.4 Å². The molecule has 2 heterocycles. The number of aromatic nitrogens is 3. The monoisotopic (exact) mass is 625 g/mol. The molecule has 0 saturated carbocycles. The summed E-state index contributed by atoms with van der Waals surface area (Å²) in [5.74, 6) is 1.85. The van der Waals surface area contributed by atoms with E-state index >= 15 is 0 Å². The first-order chi connectivity index (χ1) is 24.3. The largest absolute Gasteiger partial charge is 0.456 e. The molecule has 8 aromatic carbocycles. The van der Waals surface area contributed by atoms with Crippen molar-refractivity contribution in [3.8, 4) is 45.3 Å². The molecule has 0 spiro atoms. The fraction of sp³-hybridized carbons (Fsp3) is 0. The summed E-state index contributed by atoms with van der Waals surface area (Å²) in [4.78, 5) is 15.8. The van der Waals surface area contributed by atoms with Gasteiger partial charge in [-0.25, -0.2) is 15.0 Å². The number of furan rings is 1. The normalized spacial score (nSPS) is 11.7. The maximum absolute atomic E-state index is 6.29. The van der Waals surface area contributed by atoms with Crippen LogP contribution in [0.1, 0.15) is 0 Å². The van der Waals surface area contributed by atoms with Crippen molar-refractivity contribution < 1.29 is 4.42 Å². The van der Waals surface area contributed by atoms with Gasteiger partial charge in [-0.1, -0.05) is 146 Å². The Labute approximate surface area is 282 Å². The second-order valence-electron chi connectivity index (χ2n) is 12.3. The molecule has 0 aliphatic heterocycles. The van der Waals surface area contributed by atoms with Gasteiger partial charge in [-0.15, -0.1) is 0 Å². The van der Waals surface area contributed by atoms with E-state index in [1.165, 1.54) is 21.9 Å². The van der Waals surface area contributed by atoms with E-state index in [4.69, 9.17) is 19.4 Å². The number of benzene rings is 8. The van der Waals surface area contributed by atoms with Crippen LogP contribution in [0.5, 0.6) is 0 Å². The van der Waals surface area contributed by atoms with Crippen LogP contribution in [0.25, 0.3) is 99.5 Å². The Kier molecular flexibility index (Phi) is 6.15. The first-order valence-corrected chi connectivity index (χ1v) is 16.5. The topological polar surface area (TPSA) is 51.8 Å². The van der Waals surface area contributed by atoms with Gasteiger partial charge in [0.15, 0.2) is 17.5 Å². The molecule has 49 heavy (non-hydrogen) atoms. The van der Waals surface area contributed by atoms with Gasteiger partial charge in [0.05, 0.1) is 0 Å². The summed E-state index contributed by atoms with van der Waals surface area (Å²) in [5.41, 5.74) is 6.80. The third kappa shape index (κ3) is 4.42. The molecule has 0 bridgehead atoms. The van der Waals surface area contributed by atoms with E-state index in [0.717, 1.165) is 60.2 Å². The minimum absolute atomic E-state index is 0.602. The zero-order chi connectivity index (χ0) is 32.3. The minimum atomic E-state index is 0.602. The lowest BCUT2D eigenvalue weighted by Gasteiger charge is -2.14. The van der Waals surface area contributed by atoms with E-state index < -0.39 is 0 Å². The van der Waals surface area contributed by atoms with Crippen LogP contribution in [0.15, 0.2) is 168 Å². The Balaban J connectivity index is 1.29. The number of nitrogens with zero attached hydrogens (tertiary/aromatic N) is 3. The van der Waals surface area contributed by atoms with Gasteiger partial charge < -0.3 is 4.42 Å². The van der Waals surface area contributed by atoms with E-state index in [-0.39, 0.29) is 0 Å². The van der Waals surface area contributed by atoms with Crippen molar-refractivity contribution in [3.05, 3.63) is 164 Å². The SMILES string of the molecule is c1ccc(-c2ccc(-c3nc(-c4cccc5ccc6ccccc6c45)nc(-c4cccc5oc6ccccc6c45)n3)c3ccccc23)cc1. The lowest BCUT2D eigenvalue weighted by molar-refractivity contribution is 0.669. The standard InChI is InChI=1S/C45H27N3O/c1-2-12-28(13-3-1)31-26-27-35(34-18-7-6-17-33(31)34)43-46-44(37-20-10-15-30-25-24-29-14-4-5-16-32(29)41(30)37)48-45(47-43)38-21-11-23-40-42(38)36-19-8-9-22-39(36)49-40/h1-27H. The number of hydrogen-bond acceptors (Lipinski definition) is 4. The molecule has 0 aliphatic carbocycles. The van der Waals surface area contributed by atoms with Crippen molar-refractivity contribution in [2.24, 2.45) is 0 Å². The van der Waals surface area contributed by atoms with Crippen LogP contribution in [-0.4, -0.2) is 15.0 Å². The van der Waals surface area contributed by atoms with Crippen molar-refractivity contribution >= 4 is 54.3 Å². The van der Waals surface area contributed by atoms with E-state index in [9.17, 15) is 0 Å². The zero-order valence-corrected chi connectivity index (χ0v) is 26.3. The van der Waals surface area contributed by atoms with Gasteiger partial charge in [0.1, 0.15) is 11.2 Å². The van der Waals surface area contributed by atoms with Crippen molar-refractivity contribution in [2.75, 3.05) is 0 Å². The highest BCUT2D eigenvalue weighted by Crippen LogP contribution is 2.40. The minimum Gasteiger partial charge on any atom is -0.456 e. The van der Waals surface area contributed by atoms with Gasteiger partial charge in [0.25, 0.3) is 0 Å². The van der Waals surface area contributed by atoms with Crippen LogP contribution in [0, 0.1) is 0 Å². The number of para-hydroxylation sites is 1. The Hall–Kier alpha value is -6.65. The molecular weight excluding hydrogens is 599 g/mol. The smallest absolute Gasteiger partial charge is 0.164 e. The van der Waals surface area contributed by atoms with Gasteiger partial charge >= 0.3 is 0 Å². The summed E-state index contributed by atoms with van der Waals surface area (Å²) in [7, 11) is 0. The van der Waals surface area contributed by atoms with Crippen molar-refractivity contribution in [1.82, 2.24) is 15.0 Å². The van der Waals surface area contributed by atoms with Crippen LogP contribution < -0.4 is 0 Å². The lowest BCUT2D eigenvalue weighted by atomic mass is 9.94. The molecule has 228 valence electrons. The predicted molar refractivity (Wildman–Crippen MR) is 201 cm³/mol. The summed E-state index contributed by atoms with van der Waals surface area (Å²) >= 11 is 0. The van der Waals surface area contributed by atoms with E-state index in [0.29, 0.717) is 17.5 Å². The Bertz CT molecular complexity index is 2890. The Morgan fingerprint density at radius 1 is 0.306 bits per heavy atom. The van der Waals surface area contributed by atoms with Crippen molar-refractivity contribution in [1.29, 1.82) is 0 Å². The second-order valence-corrected chi connectivity index (χ2v) is 12.3. The van der Waals surface area contributed by atoms with Crippen LogP contribution in [0.2, 0.25) is 0 Å². The number of hydrogen-bond donors (Lipinski definition) is 0. The maximum Gasteiger partial charge on any atom is 0.164 e.